The molecule has 1 fully saturated rings. The zero-order chi connectivity index (χ0) is 16.9. The molecule has 126 valence electrons. The Bertz CT molecular complexity index is 654. The fourth-order valence-electron chi connectivity index (χ4n) is 3.23. The maximum atomic E-state index is 12.4. The molecule has 24 heavy (non-hydrogen) atoms. The average Bonchev–Trinajstić information content (AvgIpc) is 2.91. The zero-order valence-corrected chi connectivity index (χ0v) is 13.7. The molecule has 2 amide bonds. The summed E-state index contributed by atoms with van der Waals surface area (Å²) >= 11 is 0. The highest BCUT2D eigenvalue weighted by atomic mass is 16.6. The van der Waals surface area contributed by atoms with E-state index in [1.807, 2.05) is 35.2 Å². The summed E-state index contributed by atoms with van der Waals surface area (Å²) < 4.78 is 5.41. The van der Waals surface area contributed by atoms with Crippen LogP contribution in [0.15, 0.2) is 54.8 Å². The summed E-state index contributed by atoms with van der Waals surface area (Å²) in [5, 5.41) is 0. The molecule has 2 aliphatic heterocycles. The summed E-state index contributed by atoms with van der Waals surface area (Å²) in [6.07, 6.45) is 5.30. The van der Waals surface area contributed by atoms with Gasteiger partial charge in [-0.3, -0.25) is 4.79 Å². The van der Waals surface area contributed by atoms with Gasteiger partial charge in [0.25, 0.3) is 0 Å². The van der Waals surface area contributed by atoms with Gasteiger partial charge in [0.1, 0.15) is 6.61 Å². The normalized spacial score (nSPS) is 20.2. The number of benzene rings is 1. The number of carbonyl (C=O) groups is 2. The van der Waals surface area contributed by atoms with Crippen LogP contribution in [0.2, 0.25) is 0 Å². The first-order valence-corrected chi connectivity index (χ1v) is 8.26. The largest absolute Gasteiger partial charge is 0.445 e. The van der Waals surface area contributed by atoms with Gasteiger partial charge in [0.2, 0.25) is 5.91 Å². The zero-order valence-electron chi connectivity index (χ0n) is 13.7. The lowest BCUT2D eigenvalue weighted by Crippen LogP contribution is -2.41. The predicted molar refractivity (Wildman–Crippen MR) is 91.0 cm³/mol. The van der Waals surface area contributed by atoms with E-state index < -0.39 is 0 Å². The van der Waals surface area contributed by atoms with E-state index in [-0.39, 0.29) is 24.6 Å². The molecule has 2 heterocycles. The van der Waals surface area contributed by atoms with Crippen LogP contribution in [0.3, 0.4) is 0 Å². The lowest BCUT2D eigenvalue weighted by atomic mass is 10.2. The summed E-state index contributed by atoms with van der Waals surface area (Å²) in [4.78, 5) is 28.3. The van der Waals surface area contributed by atoms with E-state index >= 15 is 0 Å². The number of hydrogen-bond acceptors (Lipinski definition) is 3. The number of hydrogen-bond donors (Lipinski definition) is 0. The van der Waals surface area contributed by atoms with Gasteiger partial charge in [-0.1, -0.05) is 42.5 Å². The number of amides is 2. The second kappa shape index (κ2) is 7.34. The van der Waals surface area contributed by atoms with E-state index in [1.165, 1.54) is 0 Å². The van der Waals surface area contributed by atoms with Crippen LogP contribution in [0.5, 0.6) is 0 Å². The number of fused-ring (bicyclic) bond motifs is 1. The number of rotatable bonds is 4. The first-order chi connectivity index (χ1) is 11.7. The van der Waals surface area contributed by atoms with E-state index in [2.05, 4.69) is 12.7 Å². The minimum absolute atomic E-state index is 0.0132. The lowest BCUT2D eigenvalue weighted by molar-refractivity contribution is -0.129. The SMILES string of the molecule is C=CCC1=CCC2CN(C(=O)OCc3ccccc3)CCC(=O)N12. The van der Waals surface area contributed by atoms with Gasteiger partial charge in [0.15, 0.2) is 0 Å². The molecule has 0 aromatic heterocycles. The molecule has 0 N–H and O–H groups in total. The first kappa shape index (κ1) is 16.3. The summed E-state index contributed by atoms with van der Waals surface area (Å²) in [7, 11) is 0. The van der Waals surface area contributed by atoms with E-state index in [0.717, 1.165) is 17.7 Å². The van der Waals surface area contributed by atoms with E-state index in [4.69, 9.17) is 4.74 Å². The molecule has 1 atom stereocenters. The van der Waals surface area contributed by atoms with Crippen molar-refractivity contribution in [1.82, 2.24) is 9.80 Å². The molecule has 0 radical (unpaired) electrons. The monoisotopic (exact) mass is 326 g/mol. The standard InChI is InChI=1S/C19H22N2O3/c1-2-6-16-9-10-17-13-20(12-11-18(22)21(16)17)19(23)24-14-15-7-4-3-5-8-15/h2-5,7-9,17H,1,6,10-14H2. The first-order valence-electron chi connectivity index (χ1n) is 8.26. The third-order valence-electron chi connectivity index (χ3n) is 4.41. The van der Waals surface area contributed by atoms with E-state index in [9.17, 15) is 9.59 Å². The van der Waals surface area contributed by atoms with Gasteiger partial charge in [-0.2, -0.15) is 0 Å². The number of nitrogens with zero attached hydrogens (tertiary/aromatic N) is 2. The minimum atomic E-state index is -0.356. The highest BCUT2D eigenvalue weighted by molar-refractivity contribution is 5.81. The van der Waals surface area contributed by atoms with Crippen LogP contribution in [0, 0.1) is 0 Å². The van der Waals surface area contributed by atoms with Crippen molar-refractivity contribution >= 4 is 12.0 Å². The van der Waals surface area contributed by atoms with Gasteiger partial charge < -0.3 is 14.5 Å². The van der Waals surface area contributed by atoms with Gasteiger partial charge >= 0.3 is 6.09 Å². The summed E-state index contributed by atoms with van der Waals surface area (Å²) in [5.41, 5.74) is 1.95. The van der Waals surface area contributed by atoms with Crippen molar-refractivity contribution in [2.45, 2.75) is 31.9 Å². The average molecular weight is 326 g/mol. The van der Waals surface area contributed by atoms with Gasteiger partial charge in [0, 0.05) is 31.6 Å². The summed E-state index contributed by atoms with van der Waals surface area (Å²) in [5.74, 6) is 0.0731. The molecular weight excluding hydrogens is 304 g/mol. The molecule has 2 aliphatic rings. The highest BCUT2D eigenvalue weighted by Gasteiger charge is 2.36. The Labute approximate surface area is 142 Å². The Morgan fingerprint density at radius 3 is 2.88 bits per heavy atom. The number of ether oxygens (including phenoxy) is 1. The van der Waals surface area contributed by atoms with Crippen molar-refractivity contribution in [2.75, 3.05) is 13.1 Å². The molecule has 1 aromatic carbocycles. The fourth-order valence-corrected chi connectivity index (χ4v) is 3.23. The van der Waals surface area contributed by atoms with Crippen molar-refractivity contribution in [3.8, 4) is 0 Å². The van der Waals surface area contributed by atoms with E-state index in [0.29, 0.717) is 25.9 Å². The van der Waals surface area contributed by atoms with Crippen molar-refractivity contribution < 1.29 is 14.3 Å². The lowest BCUT2D eigenvalue weighted by Gasteiger charge is -2.27. The van der Waals surface area contributed by atoms with Crippen molar-refractivity contribution in [3.05, 3.63) is 60.3 Å². The van der Waals surface area contributed by atoms with Gasteiger partial charge in [-0.05, 0) is 12.0 Å². The number of allylic oxidation sites excluding steroid dienone is 1. The molecule has 0 saturated carbocycles. The van der Waals surface area contributed by atoms with Crippen LogP contribution in [0.1, 0.15) is 24.8 Å². The second-order valence-electron chi connectivity index (χ2n) is 6.08. The molecule has 0 bridgehead atoms. The van der Waals surface area contributed by atoms with Crippen LogP contribution in [-0.2, 0) is 16.1 Å². The minimum Gasteiger partial charge on any atom is -0.445 e. The maximum Gasteiger partial charge on any atom is 0.410 e. The van der Waals surface area contributed by atoms with Crippen LogP contribution < -0.4 is 0 Å². The third kappa shape index (κ3) is 3.50. The fraction of sp³-hybridized carbons (Fsp3) is 0.368. The molecule has 0 spiro atoms. The Morgan fingerprint density at radius 2 is 2.12 bits per heavy atom. The van der Waals surface area contributed by atoms with Gasteiger partial charge in [-0.15, -0.1) is 6.58 Å². The molecule has 1 aromatic rings. The van der Waals surface area contributed by atoms with Crippen LogP contribution in [0.4, 0.5) is 4.79 Å². The number of carbonyl (C=O) groups excluding carboxylic acids is 2. The molecule has 1 saturated heterocycles. The van der Waals surface area contributed by atoms with Crippen LogP contribution >= 0.6 is 0 Å². The maximum absolute atomic E-state index is 12.4. The Morgan fingerprint density at radius 1 is 1.33 bits per heavy atom. The second-order valence-corrected chi connectivity index (χ2v) is 6.08. The topological polar surface area (TPSA) is 49.9 Å². The molecule has 5 nitrogen and oxygen atoms in total. The smallest absolute Gasteiger partial charge is 0.410 e. The van der Waals surface area contributed by atoms with Crippen molar-refractivity contribution in [3.63, 3.8) is 0 Å². The van der Waals surface area contributed by atoms with Crippen molar-refractivity contribution in [1.29, 1.82) is 0 Å². The quantitative estimate of drug-likeness (QED) is 0.799. The molecular formula is C19H22N2O3. The summed E-state index contributed by atoms with van der Waals surface area (Å²) in [6, 6.07) is 9.61. The Hall–Kier alpha value is -2.56. The van der Waals surface area contributed by atoms with Gasteiger partial charge in [-0.25, -0.2) is 4.79 Å². The molecule has 0 aliphatic carbocycles. The van der Waals surface area contributed by atoms with E-state index in [1.54, 1.807) is 11.0 Å². The van der Waals surface area contributed by atoms with Crippen LogP contribution in [0.25, 0.3) is 0 Å². The molecule has 3 rings (SSSR count). The molecule has 5 heteroatoms. The predicted octanol–water partition coefficient (Wildman–Crippen LogP) is 3.09. The Balaban J connectivity index is 1.61. The third-order valence-corrected chi connectivity index (χ3v) is 4.41. The summed E-state index contributed by atoms with van der Waals surface area (Å²) in [6.45, 7) is 4.91. The highest BCUT2D eigenvalue weighted by Crippen LogP contribution is 2.28. The Kier molecular flexibility index (Phi) is 4.99. The van der Waals surface area contributed by atoms with Gasteiger partial charge in [0.05, 0.1) is 6.04 Å². The van der Waals surface area contributed by atoms with Crippen LogP contribution in [-0.4, -0.2) is 40.9 Å². The van der Waals surface area contributed by atoms with Crippen molar-refractivity contribution in [2.24, 2.45) is 0 Å². The molecule has 1 unspecified atom stereocenters.